The third-order valence-corrected chi connectivity index (χ3v) is 4.93. The van der Waals surface area contributed by atoms with E-state index in [1.807, 2.05) is 25.1 Å². The minimum Gasteiger partial charge on any atom is -0.326 e. The molecule has 4 nitrogen and oxygen atoms in total. The lowest BCUT2D eigenvalue weighted by atomic mass is 10.2. The van der Waals surface area contributed by atoms with Crippen molar-refractivity contribution in [2.45, 2.75) is 20.3 Å². The molecule has 1 aromatic heterocycles. The number of para-hydroxylation sites is 1. The van der Waals surface area contributed by atoms with Crippen molar-refractivity contribution in [2.24, 2.45) is 0 Å². The van der Waals surface area contributed by atoms with E-state index < -0.39 is 0 Å². The number of hydrogen-bond acceptors (Lipinski definition) is 4. The smallest absolute Gasteiger partial charge is 0.229 e. The van der Waals surface area contributed by atoms with E-state index in [1.54, 1.807) is 0 Å². The Labute approximate surface area is 156 Å². The lowest BCUT2D eigenvalue weighted by Gasteiger charge is -2.20. The highest BCUT2D eigenvalue weighted by Crippen LogP contribution is 2.34. The van der Waals surface area contributed by atoms with E-state index in [0.717, 1.165) is 40.2 Å². The number of rotatable bonds is 3. The fourth-order valence-electron chi connectivity index (χ4n) is 3.21. The molecular formula is C20H19BrN4. The summed E-state index contributed by atoms with van der Waals surface area (Å²) in [5, 5.41) is 3.36. The summed E-state index contributed by atoms with van der Waals surface area (Å²) in [6, 6.07) is 16.7. The third-order valence-electron chi connectivity index (χ3n) is 4.44. The molecule has 126 valence electrons. The second-order valence-corrected chi connectivity index (χ2v) is 7.22. The van der Waals surface area contributed by atoms with E-state index in [4.69, 9.17) is 4.98 Å². The number of anilines is 4. The van der Waals surface area contributed by atoms with Crippen LogP contribution in [0.4, 0.5) is 23.1 Å². The summed E-state index contributed by atoms with van der Waals surface area (Å²) in [5.41, 5.74) is 5.73. The average molecular weight is 395 g/mol. The lowest BCUT2D eigenvalue weighted by molar-refractivity contribution is 0.959. The number of hydrogen-bond donors (Lipinski definition) is 1. The summed E-state index contributed by atoms with van der Waals surface area (Å²) in [4.78, 5) is 11.6. The van der Waals surface area contributed by atoms with Gasteiger partial charge < -0.3 is 10.2 Å². The largest absolute Gasteiger partial charge is 0.326 e. The van der Waals surface area contributed by atoms with Gasteiger partial charge in [-0.15, -0.1) is 0 Å². The molecule has 0 spiro atoms. The number of nitrogens with one attached hydrogen (secondary N) is 1. The van der Waals surface area contributed by atoms with Gasteiger partial charge in [-0.25, -0.2) is 4.98 Å². The molecule has 0 bridgehead atoms. The van der Waals surface area contributed by atoms with Crippen LogP contribution in [0.1, 0.15) is 16.8 Å². The Morgan fingerprint density at radius 3 is 2.72 bits per heavy atom. The Morgan fingerprint density at radius 1 is 1.04 bits per heavy atom. The highest BCUT2D eigenvalue weighted by Gasteiger charge is 2.21. The van der Waals surface area contributed by atoms with Crippen LogP contribution in [-0.4, -0.2) is 16.5 Å². The molecule has 1 aliphatic heterocycles. The summed E-state index contributed by atoms with van der Waals surface area (Å²) in [5.74, 6) is 1.57. The molecule has 0 unspecified atom stereocenters. The summed E-state index contributed by atoms with van der Waals surface area (Å²) in [6.45, 7) is 5.03. The zero-order chi connectivity index (χ0) is 17.4. The minimum atomic E-state index is 0.629. The van der Waals surface area contributed by atoms with Crippen LogP contribution >= 0.6 is 15.9 Å². The first-order valence-corrected chi connectivity index (χ1v) is 9.14. The molecule has 0 saturated heterocycles. The molecule has 3 aromatic rings. The van der Waals surface area contributed by atoms with Crippen molar-refractivity contribution in [1.29, 1.82) is 0 Å². The molecule has 2 aromatic carbocycles. The SMILES string of the molecule is Cc1cc(N2CCc3ccccc32)nc(Nc2ccc(Br)cc2C)n1. The topological polar surface area (TPSA) is 41.1 Å². The number of benzene rings is 2. The maximum absolute atomic E-state index is 4.77. The first-order chi connectivity index (χ1) is 12.1. The van der Waals surface area contributed by atoms with Crippen molar-refractivity contribution in [2.75, 3.05) is 16.8 Å². The first kappa shape index (κ1) is 16.1. The predicted molar refractivity (Wildman–Crippen MR) is 106 cm³/mol. The highest BCUT2D eigenvalue weighted by atomic mass is 79.9. The van der Waals surface area contributed by atoms with Crippen molar-refractivity contribution in [1.82, 2.24) is 9.97 Å². The van der Waals surface area contributed by atoms with Crippen LogP contribution in [-0.2, 0) is 6.42 Å². The van der Waals surface area contributed by atoms with Crippen LogP contribution < -0.4 is 10.2 Å². The summed E-state index contributed by atoms with van der Waals surface area (Å²) in [7, 11) is 0. The van der Waals surface area contributed by atoms with Crippen molar-refractivity contribution in [3.63, 3.8) is 0 Å². The van der Waals surface area contributed by atoms with E-state index in [-0.39, 0.29) is 0 Å². The second kappa shape index (κ2) is 6.48. The molecule has 0 amide bonds. The number of halogens is 1. The zero-order valence-electron chi connectivity index (χ0n) is 14.3. The van der Waals surface area contributed by atoms with Gasteiger partial charge in [0, 0.05) is 34.2 Å². The van der Waals surface area contributed by atoms with Crippen molar-refractivity contribution >= 4 is 39.1 Å². The summed E-state index contributed by atoms with van der Waals surface area (Å²) >= 11 is 3.50. The Balaban J connectivity index is 1.68. The van der Waals surface area contributed by atoms with Gasteiger partial charge in [0.15, 0.2) is 0 Å². The predicted octanol–water partition coefficient (Wildman–Crippen LogP) is 5.29. The lowest BCUT2D eigenvalue weighted by Crippen LogP contribution is -2.16. The number of aromatic nitrogens is 2. The van der Waals surface area contributed by atoms with Gasteiger partial charge in [-0.1, -0.05) is 34.1 Å². The fraction of sp³-hybridized carbons (Fsp3) is 0.200. The maximum atomic E-state index is 4.77. The van der Waals surface area contributed by atoms with E-state index in [0.29, 0.717) is 5.95 Å². The molecule has 1 N–H and O–H groups in total. The molecule has 0 radical (unpaired) electrons. The normalized spacial score (nSPS) is 13.0. The van der Waals surface area contributed by atoms with Crippen LogP contribution in [0.3, 0.4) is 0 Å². The fourth-order valence-corrected chi connectivity index (χ4v) is 3.69. The second-order valence-electron chi connectivity index (χ2n) is 6.31. The molecule has 2 heterocycles. The molecule has 5 heteroatoms. The van der Waals surface area contributed by atoms with Crippen LogP contribution in [0.5, 0.6) is 0 Å². The van der Waals surface area contributed by atoms with Gasteiger partial charge in [0.25, 0.3) is 0 Å². The van der Waals surface area contributed by atoms with Gasteiger partial charge in [0.1, 0.15) is 5.82 Å². The van der Waals surface area contributed by atoms with E-state index >= 15 is 0 Å². The van der Waals surface area contributed by atoms with Crippen molar-refractivity contribution in [3.8, 4) is 0 Å². The molecule has 4 rings (SSSR count). The van der Waals surface area contributed by atoms with Crippen LogP contribution in [0.2, 0.25) is 0 Å². The van der Waals surface area contributed by atoms with Crippen LogP contribution in [0.25, 0.3) is 0 Å². The van der Waals surface area contributed by atoms with Gasteiger partial charge in [-0.2, -0.15) is 4.98 Å². The minimum absolute atomic E-state index is 0.629. The van der Waals surface area contributed by atoms with Crippen LogP contribution in [0.15, 0.2) is 53.0 Å². The molecule has 1 aliphatic rings. The molecule has 0 fully saturated rings. The quantitative estimate of drug-likeness (QED) is 0.654. The van der Waals surface area contributed by atoms with Crippen molar-refractivity contribution < 1.29 is 0 Å². The molecular weight excluding hydrogens is 376 g/mol. The number of fused-ring (bicyclic) bond motifs is 1. The standard InChI is InChI=1S/C20H19BrN4/c1-13-11-16(21)7-8-17(13)23-20-22-14(2)12-19(24-20)25-10-9-15-5-3-4-6-18(15)25/h3-8,11-12H,9-10H2,1-2H3,(H,22,23,24). The third kappa shape index (κ3) is 3.24. The first-order valence-electron chi connectivity index (χ1n) is 8.34. The Kier molecular flexibility index (Phi) is 4.17. The van der Waals surface area contributed by atoms with Gasteiger partial charge in [0.2, 0.25) is 5.95 Å². The molecule has 25 heavy (non-hydrogen) atoms. The van der Waals surface area contributed by atoms with Gasteiger partial charge in [-0.05, 0) is 55.7 Å². The zero-order valence-corrected chi connectivity index (χ0v) is 15.8. The van der Waals surface area contributed by atoms with Gasteiger partial charge >= 0.3 is 0 Å². The summed E-state index contributed by atoms with van der Waals surface area (Å²) in [6.07, 6.45) is 1.05. The Hall–Kier alpha value is -2.40. The molecule has 0 atom stereocenters. The molecule has 0 saturated carbocycles. The number of nitrogens with zero attached hydrogens (tertiary/aromatic N) is 3. The van der Waals surface area contributed by atoms with Crippen molar-refractivity contribution in [3.05, 3.63) is 69.8 Å². The molecule has 0 aliphatic carbocycles. The maximum Gasteiger partial charge on any atom is 0.229 e. The van der Waals surface area contributed by atoms with Gasteiger partial charge in [0.05, 0.1) is 0 Å². The average Bonchev–Trinajstić information content (AvgIpc) is 3.01. The Morgan fingerprint density at radius 2 is 1.88 bits per heavy atom. The van der Waals surface area contributed by atoms with Crippen LogP contribution in [0, 0.1) is 13.8 Å². The Bertz CT molecular complexity index is 939. The van der Waals surface area contributed by atoms with E-state index in [1.165, 1.54) is 11.3 Å². The number of aryl methyl sites for hydroxylation is 2. The summed E-state index contributed by atoms with van der Waals surface area (Å²) < 4.78 is 1.06. The highest BCUT2D eigenvalue weighted by molar-refractivity contribution is 9.10. The van der Waals surface area contributed by atoms with Gasteiger partial charge in [-0.3, -0.25) is 0 Å². The van der Waals surface area contributed by atoms with E-state index in [2.05, 4.69) is 68.4 Å². The monoisotopic (exact) mass is 394 g/mol. The van der Waals surface area contributed by atoms with E-state index in [9.17, 15) is 0 Å².